The molecule has 66 heavy (non-hydrogen) atoms. The Morgan fingerprint density at radius 1 is 0.803 bits per heavy atom. The monoisotopic (exact) mass is 930 g/mol. The zero-order valence-electron chi connectivity index (χ0n) is 39.7. The molecule has 17 heteroatoms. The molecule has 0 radical (unpaired) electrons. The number of carboxylic acids is 2. The summed E-state index contributed by atoms with van der Waals surface area (Å²) in [6.45, 7) is 15.0. The molecule has 3 aromatic rings. The van der Waals surface area contributed by atoms with Gasteiger partial charge in [-0.3, -0.25) is 18.9 Å². The first-order valence-electron chi connectivity index (χ1n) is 22.4. The van der Waals surface area contributed by atoms with E-state index in [9.17, 15) is 34.3 Å². The fourth-order valence-electron chi connectivity index (χ4n) is 8.00. The summed E-state index contributed by atoms with van der Waals surface area (Å²) in [6.07, 6.45) is 5.09. The zero-order chi connectivity index (χ0) is 48.5. The number of ether oxygens (including phenoxy) is 2. The van der Waals surface area contributed by atoms with E-state index in [1.807, 2.05) is 67.0 Å². The van der Waals surface area contributed by atoms with Gasteiger partial charge in [-0.25, -0.2) is 14.8 Å². The third-order valence-electron chi connectivity index (χ3n) is 11.6. The van der Waals surface area contributed by atoms with Gasteiger partial charge in [0.2, 0.25) is 0 Å². The van der Waals surface area contributed by atoms with Gasteiger partial charge in [0, 0.05) is 40.5 Å². The number of H-pyrrole nitrogens is 2. The summed E-state index contributed by atoms with van der Waals surface area (Å²) in [5.41, 5.74) is 9.36. The normalized spacial score (nSPS) is 13.8. The second-order valence-corrected chi connectivity index (χ2v) is 18.7. The van der Waals surface area contributed by atoms with E-state index in [1.165, 1.54) is 0 Å². The molecule has 356 valence electrons. The minimum Gasteiger partial charge on any atom is -0.481 e. The number of carboxylic acid groups (broad SMARTS) is 2. The highest BCUT2D eigenvalue weighted by Crippen LogP contribution is 2.40. The number of unbranched alkanes of at least 4 members (excludes halogenated alkanes) is 4. The SMILES string of the molecule is C=Cc1c(C)c2cc3nc(c(CC(=O)O)c4[nH]c(cc5nc(cc1[nH]2)C(C)=C5CC)c(C)c4C(=O)OC(COC(=O)CCCCCCC)COP(O)OC[N+](C)(C)C)C(CCC(=O)O)=C3C. The van der Waals surface area contributed by atoms with Crippen molar-refractivity contribution < 1.29 is 57.3 Å². The van der Waals surface area contributed by atoms with Crippen LogP contribution >= 0.6 is 8.60 Å². The number of allylic oxidation sites excluding steroid dienone is 4. The van der Waals surface area contributed by atoms with Crippen LogP contribution < -0.4 is 0 Å². The molecule has 2 atom stereocenters. The van der Waals surface area contributed by atoms with Crippen molar-refractivity contribution in [1.29, 1.82) is 0 Å². The molecule has 2 aliphatic rings. The summed E-state index contributed by atoms with van der Waals surface area (Å²) in [5.74, 6) is -3.67. The Balaban J connectivity index is 1.76. The average molecular weight is 931 g/mol. The van der Waals surface area contributed by atoms with Gasteiger partial charge in [0.1, 0.15) is 6.61 Å². The Labute approximate surface area is 387 Å². The third-order valence-corrected chi connectivity index (χ3v) is 12.3. The smallest absolute Gasteiger partial charge is 0.341 e. The summed E-state index contributed by atoms with van der Waals surface area (Å²) >= 11 is 0. The first-order chi connectivity index (χ1) is 31.3. The number of aryl methyl sites for hydroxylation is 2. The van der Waals surface area contributed by atoms with E-state index >= 15 is 0 Å². The van der Waals surface area contributed by atoms with Crippen molar-refractivity contribution in [2.75, 3.05) is 41.1 Å². The first kappa shape index (κ1) is 51.5. The van der Waals surface area contributed by atoms with Gasteiger partial charge in [0.15, 0.2) is 12.8 Å². The highest BCUT2D eigenvalue weighted by Gasteiger charge is 2.30. The van der Waals surface area contributed by atoms with Crippen LogP contribution in [0.2, 0.25) is 0 Å². The van der Waals surface area contributed by atoms with E-state index in [2.05, 4.69) is 23.5 Å². The molecule has 0 aliphatic carbocycles. The lowest BCUT2D eigenvalue weighted by Gasteiger charge is -2.24. The number of hydrogen-bond acceptors (Lipinski definition) is 11. The van der Waals surface area contributed by atoms with Crippen molar-refractivity contribution >= 4 is 82.9 Å². The molecule has 3 aromatic heterocycles. The lowest BCUT2D eigenvalue weighted by Crippen LogP contribution is -2.36. The van der Waals surface area contributed by atoms with E-state index in [0.29, 0.717) is 56.5 Å². The minimum absolute atomic E-state index is 0.0162. The topological polar surface area (TPSA) is 223 Å². The fraction of sp³-hybridized carbons (Fsp3) is 0.469. The number of fused-ring (bicyclic) bond motifs is 8. The number of quaternary nitrogens is 1. The van der Waals surface area contributed by atoms with Gasteiger partial charge >= 0.3 is 32.5 Å². The number of aromatic amines is 2. The Hall–Kier alpha value is -5.51. The number of aromatic nitrogens is 4. The van der Waals surface area contributed by atoms with E-state index in [1.54, 1.807) is 13.0 Å². The molecule has 5 rings (SSSR count). The van der Waals surface area contributed by atoms with Gasteiger partial charge < -0.3 is 43.6 Å². The van der Waals surface area contributed by atoms with Gasteiger partial charge in [-0.15, -0.1) is 0 Å². The van der Waals surface area contributed by atoms with E-state index in [4.69, 9.17) is 28.5 Å². The van der Waals surface area contributed by atoms with E-state index in [0.717, 1.165) is 59.2 Å². The lowest BCUT2D eigenvalue weighted by molar-refractivity contribution is -0.886. The number of aliphatic carboxylic acids is 2. The summed E-state index contributed by atoms with van der Waals surface area (Å²) < 4.78 is 23.2. The van der Waals surface area contributed by atoms with Crippen LogP contribution in [0, 0.1) is 13.8 Å². The predicted octanol–water partition coefficient (Wildman–Crippen LogP) is 9.68. The number of nitrogens with zero attached hydrogens (tertiary/aromatic N) is 3. The quantitative estimate of drug-likeness (QED) is 0.0197. The van der Waals surface area contributed by atoms with E-state index in [-0.39, 0.29) is 48.3 Å². The number of nitrogens with one attached hydrogen (secondary N) is 2. The van der Waals surface area contributed by atoms with Crippen LogP contribution in [-0.2, 0) is 39.3 Å². The second-order valence-electron chi connectivity index (χ2n) is 17.7. The van der Waals surface area contributed by atoms with Crippen molar-refractivity contribution in [1.82, 2.24) is 19.9 Å². The fourth-order valence-corrected chi connectivity index (χ4v) is 8.81. The maximum Gasteiger partial charge on any atom is 0.341 e. The van der Waals surface area contributed by atoms with Crippen LogP contribution in [0.1, 0.15) is 141 Å². The standard InChI is InChI=1S/C49H64N5O11P/c1-11-14-15-16-17-18-45(59)62-25-32(26-63-66(61)64-27-54(8,9)10)65-49(60)46-31(7)40-24-42-34(13-3)29(5)38(51-42)23-41-33(12-2)28(4)37(50-41)22-39-30(6)35(19-20-43(55)56)47(52-39)36(21-44(57)58)48(46)53-40/h12,22-24,32,61H,2,11,13-21,25-27H2,1,3-10H3,(H3-,50,51,52,53,55,56,57,58,60)/p+1. The molecule has 5 N–H and O–H groups in total. The van der Waals surface area contributed by atoms with Crippen LogP contribution in [0.3, 0.4) is 0 Å². The number of carbonyl (C=O) groups excluding carboxylic acids is 2. The molecule has 0 spiro atoms. The van der Waals surface area contributed by atoms with Crippen LogP contribution in [0.15, 0.2) is 24.8 Å². The second kappa shape index (κ2) is 22.8. The Morgan fingerprint density at radius 3 is 2.11 bits per heavy atom. The first-order valence-corrected chi connectivity index (χ1v) is 23.6. The van der Waals surface area contributed by atoms with Crippen LogP contribution in [0.25, 0.3) is 50.4 Å². The third kappa shape index (κ3) is 12.9. The highest BCUT2D eigenvalue weighted by atomic mass is 31.2. The van der Waals surface area contributed by atoms with Crippen molar-refractivity contribution in [2.24, 2.45) is 0 Å². The highest BCUT2D eigenvalue weighted by molar-refractivity contribution is 7.40. The summed E-state index contributed by atoms with van der Waals surface area (Å²) in [6, 6.07) is 5.62. The van der Waals surface area contributed by atoms with Gasteiger partial charge in [-0.1, -0.05) is 52.2 Å². The lowest BCUT2D eigenvalue weighted by atomic mass is 9.96. The summed E-state index contributed by atoms with van der Waals surface area (Å²) in [7, 11) is 3.19. The van der Waals surface area contributed by atoms with Gasteiger partial charge in [-0.05, 0) is 98.6 Å². The zero-order valence-corrected chi connectivity index (χ0v) is 40.6. The van der Waals surface area contributed by atoms with Crippen LogP contribution in [0.5, 0.6) is 0 Å². The maximum atomic E-state index is 14.8. The van der Waals surface area contributed by atoms with Crippen molar-refractivity contribution in [3.8, 4) is 0 Å². The summed E-state index contributed by atoms with van der Waals surface area (Å²) in [4.78, 5) is 80.2. The number of rotatable bonds is 23. The number of carbonyl (C=O) groups is 4. The molecule has 0 amide bonds. The molecule has 0 saturated carbocycles. The number of hydrogen-bond donors (Lipinski definition) is 5. The van der Waals surface area contributed by atoms with Gasteiger partial charge in [0.05, 0.1) is 68.0 Å². The Bertz CT molecular complexity index is 2580. The molecule has 16 nitrogen and oxygen atoms in total. The maximum absolute atomic E-state index is 14.8. The summed E-state index contributed by atoms with van der Waals surface area (Å²) in [5, 5.41) is 20.3. The molecule has 2 unspecified atom stereocenters. The average Bonchev–Trinajstić information content (AvgIpc) is 3.94. The molecule has 0 fully saturated rings. The number of esters is 2. The molecule has 0 saturated heterocycles. The minimum atomic E-state index is -2.42. The molecule has 0 aromatic carbocycles. The van der Waals surface area contributed by atoms with Crippen LogP contribution in [-0.4, -0.2) is 111 Å². The van der Waals surface area contributed by atoms with Crippen LogP contribution in [0.4, 0.5) is 0 Å². The van der Waals surface area contributed by atoms with Gasteiger partial charge in [0.25, 0.3) is 0 Å². The molecule has 5 heterocycles. The molecular formula is C49H65N5O11P+. The molecule has 2 aliphatic heterocycles. The van der Waals surface area contributed by atoms with Gasteiger partial charge in [-0.2, -0.15) is 0 Å². The largest absolute Gasteiger partial charge is 0.481 e. The Kier molecular flexibility index (Phi) is 17.8. The molecular weight excluding hydrogens is 866 g/mol. The van der Waals surface area contributed by atoms with Crippen molar-refractivity contribution in [3.05, 3.63) is 75.4 Å². The van der Waals surface area contributed by atoms with Crippen molar-refractivity contribution in [2.45, 2.75) is 112 Å². The van der Waals surface area contributed by atoms with Crippen molar-refractivity contribution in [3.63, 3.8) is 0 Å². The van der Waals surface area contributed by atoms with E-state index < -0.39 is 58.2 Å². The Morgan fingerprint density at radius 2 is 1.45 bits per heavy atom. The molecule has 8 bridgehead atoms. The predicted molar refractivity (Wildman–Crippen MR) is 257 cm³/mol.